The number of rotatable bonds is 1. The Balaban J connectivity index is 2.27. The van der Waals surface area contributed by atoms with Crippen LogP contribution in [0.25, 0.3) is 22.3 Å². The van der Waals surface area contributed by atoms with Crippen molar-refractivity contribution in [3.8, 4) is 17.1 Å². The molecule has 0 unspecified atom stereocenters. The van der Waals surface area contributed by atoms with Crippen LogP contribution in [0.15, 0.2) is 57.7 Å². The van der Waals surface area contributed by atoms with Crippen LogP contribution in [0.4, 0.5) is 4.39 Å². The minimum Gasteiger partial charge on any atom is -0.508 e. The largest absolute Gasteiger partial charge is 0.508 e. The van der Waals surface area contributed by atoms with Crippen LogP contribution in [0.1, 0.15) is 0 Å². The van der Waals surface area contributed by atoms with E-state index in [0.717, 1.165) is 6.07 Å². The molecule has 1 heterocycles. The molecular weight excluding hydrogens is 247 g/mol. The van der Waals surface area contributed by atoms with E-state index in [1.54, 1.807) is 12.1 Å². The number of benzene rings is 2. The van der Waals surface area contributed by atoms with E-state index in [2.05, 4.69) is 0 Å². The van der Waals surface area contributed by atoms with Crippen LogP contribution in [-0.4, -0.2) is 5.11 Å². The van der Waals surface area contributed by atoms with Gasteiger partial charge in [0.25, 0.3) is 0 Å². The fraction of sp³-hybridized carbons (Fsp3) is 0. The second kappa shape index (κ2) is 4.24. The number of aromatic hydroxyl groups is 1. The molecule has 4 heteroatoms. The summed E-state index contributed by atoms with van der Waals surface area (Å²) in [4.78, 5) is 11.9. The second-order valence-corrected chi connectivity index (χ2v) is 4.17. The summed E-state index contributed by atoms with van der Waals surface area (Å²) in [6.45, 7) is 0. The molecule has 3 nitrogen and oxygen atoms in total. The zero-order valence-electron chi connectivity index (χ0n) is 9.76. The van der Waals surface area contributed by atoms with Gasteiger partial charge in [-0.3, -0.25) is 4.79 Å². The molecule has 3 rings (SSSR count). The molecule has 0 aliphatic heterocycles. The molecule has 0 amide bonds. The third-order valence-corrected chi connectivity index (χ3v) is 2.82. The SMILES string of the molecule is O=c1cc(-c2cccc(O)c2)oc2ccc(F)cc12. The lowest BCUT2D eigenvalue weighted by Gasteiger charge is -2.03. The summed E-state index contributed by atoms with van der Waals surface area (Å²) in [6, 6.07) is 11.5. The van der Waals surface area contributed by atoms with Gasteiger partial charge < -0.3 is 9.52 Å². The molecule has 19 heavy (non-hydrogen) atoms. The van der Waals surface area contributed by atoms with Crippen molar-refractivity contribution in [2.45, 2.75) is 0 Å². The summed E-state index contributed by atoms with van der Waals surface area (Å²) in [5.41, 5.74) is 0.578. The fourth-order valence-electron chi connectivity index (χ4n) is 1.93. The molecule has 0 atom stereocenters. The molecule has 1 aromatic heterocycles. The van der Waals surface area contributed by atoms with E-state index < -0.39 is 5.82 Å². The maximum atomic E-state index is 13.1. The van der Waals surface area contributed by atoms with Gasteiger partial charge in [-0.15, -0.1) is 0 Å². The van der Waals surface area contributed by atoms with Crippen molar-refractivity contribution in [1.82, 2.24) is 0 Å². The molecule has 0 bridgehead atoms. The van der Waals surface area contributed by atoms with Gasteiger partial charge in [0, 0.05) is 11.6 Å². The highest BCUT2D eigenvalue weighted by Crippen LogP contribution is 2.25. The van der Waals surface area contributed by atoms with Gasteiger partial charge >= 0.3 is 0 Å². The lowest BCUT2D eigenvalue weighted by molar-refractivity contribution is 0.475. The minimum atomic E-state index is -0.482. The topological polar surface area (TPSA) is 50.4 Å². The number of phenols is 1. The van der Waals surface area contributed by atoms with E-state index in [0.29, 0.717) is 16.9 Å². The third-order valence-electron chi connectivity index (χ3n) is 2.82. The Bertz CT molecular complexity index is 821. The van der Waals surface area contributed by atoms with Crippen LogP contribution < -0.4 is 5.43 Å². The van der Waals surface area contributed by atoms with Crippen LogP contribution in [0, 0.1) is 5.82 Å². The van der Waals surface area contributed by atoms with Gasteiger partial charge in [0.2, 0.25) is 0 Å². The van der Waals surface area contributed by atoms with Crippen LogP contribution >= 0.6 is 0 Å². The summed E-state index contributed by atoms with van der Waals surface area (Å²) >= 11 is 0. The fourth-order valence-corrected chi connectivity index (χ4v) is 1.93. The molecule has 0 radical (unpaired) electrons. The molecule has 0 aliphatic carbocycles. The summed E-state index contributed by atoms with van der Waals surface area (Å²) in [6.07, 6.45) is 0. The Morgan fingerprint density at radius 1 is 1.05 bits per heavy atom. The summed E-state index contributed by atoms with van der Waals surface area (Å²) in [7, 11) is 0. The molecule has 1 N–H and O–H groups in total. The molecule has 94 valence electrons. The van der Waals surface area contributed by atoms with Gasteiger partial charge in [0.1, 0.15) is 22.9 Å². The zero-order chi connectivity index (χ0) is 13.4. The average molecular weight is 256 g/mol. The number of halogens is 1. The highest BCUT2D eigenvalue weighted by Gasteiger charge is 2.08. The monoisotopic (exact) mass is 256 g/mol. The van der Waals surface area contributed by atoms with E-state index >= 15 is 0 Å². The van der Waals surface area contributed by atoms with Crippen LogP contribution in [0.2, 0.25) is 0 Å². The van der Waals surface area contributed by atoms with Crippen LogP contribution in [-0.2, 0) is 0 Å². The summed E-state index contributed by atoms with van der Waals surface area (Å²) in [5, 5.41) is 9.62. The standard InChI is InChI=1S/C15H9FO3/c16-10-4-5-14-12(7-10)13(18)8-15(19-14)9-2-1-3-11(17)6-9/h1-8,17H. The van der Waals surface area contributed by atoms with Crippen molar-refractivity contribution in [2.24, 2.45) is 0 Å². The van der Waals surface area contributed by atoms with E-state index in [-0.39, 0.29) is 16.6 Å². The van der Waals surface area contributed by atoms with Gasteiger partial charge in [-0.2, -0.15) is 0 Å². The highest BCUT2D eigenvalue weighted by molar-refractivity contribution is 5.78. The number of hydrogen-bond donors (Lipinski definition) is 1. The van der Waals surface area contributed by atoms with Crippen LogP contribution in [0.3, 0.4) is 0 Å². The Morgan fingerprint density at radius 3 is 2.68 bits per heavy atom. The van der Waals surface area contributed by atoms with E-state index in [1.807, 2.05) is 0 Å². The van der Waals surface area contributed by atoms with Crippen molar-refractivity contribution in [3.63, 3.8) is 0 Å². The van der Waals surface area contributed by atoms with Crippen molar-refractivity contribution in [3.05, 3.63) is 64.6 Å². The molecule has 0 spiro atoms. The first kappa shape index (κ1) is 11.5. The maximum absolute atomic E-state index is 13.1. The quantitative estimate of drug-likeness (QED) is 0.726. The lowest BCUT2D eigenvalue weighted by Crippen LogP contribution is -2.00. The number of fused-ring (bicyclic) bond motifs is 1. The van der Waals surface area contributed by atoms with Crippen molar-refractivity contribution >= 4 is 11.0 Å². The lowest BCUT2D eigenvalue weighted by atomic mass is 10.1. The first-order valence-corrected chi connectivity index (χ1v) is 5.66. The minimum absolute atomic E-state index is 0.0827. The van der Waals surface area contributed by atoms with Crippen molar-refractivity contribution in [1.29, 1.82) is 0 Å². The average Bonchev–Trinajstić information content (AvgIpc) is 2.39. The normalized spacial score (nSPS) is 10.8. The Labute approximate surface area is 107 Å². The third kappa shape index (κ3) is 2.08. The Hall–Kier alpha value is -2.62. The smallest absolute Gasteiger partial charge is 0.193 e. The zero-order valence-corrected chi connectivity index (χ0v) is 9.76. The predicted octanol–water partition coefficient (Wildman–Crippen LogP) is 3.30. The van der Waals surface area contributed by atoms with Gasteiger partial charge in [0.05, 0.1) is 5.39 Å². The maximum Gasteiger partial charge on any atom is 0.193 e. The second-order valence-electron chi connectivity index (χ2n) is 4.17. The van der Waals surface area contributed by atoms with Gasteiger partial charge in [0.15, 0.2) is 5.43 Å². The molecule has 0 saturated carbocycles. The number of hydrogen-bond acceptors (Lipinski definition) is 3. The van der Waals surface area contributed by atoms with Gasteiger partial charge in [-0.05, 0) is 30.3 Å². The molecule has 3 aromatic rings. The van der Waals surface area contributed by atoms with E-state index in [1.165, 1.54) is 30.3 Å². The van der Waals surface area contributed by atoms with Crippen LogP contribution in [0.5, 0.6) is 5.75 Å². The molecular formula is C15H9FO3. The summed E-state index contributed by atoms with van der Waals surface area (Å²) in [5.74, 6) is -0.0655. The highest BCUT2D eigenvalue weighted by atomic mass is 19.1. The van der Waals surface area contributed by atoms with Gasteiger partial charge in [-0.25, -0.2) is 4.39 Å². The summed E-state index contributed by atoms with van der Waals surface area (Å²) < 4.78 is 18.6. The molecule has 0 aliphatic rings. The predicted molar refractivity (Wildman–Crippen MR) is 69.5 cm³/mol. The van der Waals surface area contributed by atoms with Crippen molar-refractivity contribution < 1.29 is 13.9 Å². The van der Waals surface area contributed by atoms with E-state index in [4.69, 9.17) is 4.42 Å². The Kier molecular flexibility index (Phi) is 2.56. The Morgan fingerprint density at radius 2 is 1.89 bits per heavy atom. The first-order valence-electron chi connectivity index (χ1n) is 5.66. The van der Waals surface area contributed by atoms with Crippen molar-refractivity contribution in [2.75, 3.05) is 0 Å². The van der Waals surface area contributed by atoms with E-state index in [9.17, 15) is 14.3 Å². The van der Waals surface area contributed by atoms with Gasteiger partial charge in [-0.1, -0.05) is 12.1 Å². The molecule has 2 aromatic carbocycles. The number of phenolic OH excluding ortho intramolecular Hbond substituents is 1. The first-order chi connectivity index (χ1) is 9.13. The molecule has 0 fully saturated rings. The molecule has 0 saturated heterocycles.